The number of rotatable bonds is 6. The van der Waals surface area contributed by atoms with Crippen LogP contribution in [0.25, 0.3) is 0 Å². The van der Waals surface area contributed by atoms with Crippen LogP contribution < -0.4 is 15.8 Å². The monoisotopic (exact) mass is 440 g/mol. The van der Waals surface area contributed by atoms with Crippen LogP contribution in [0.3, 0.4) is 0 Å². The number of allylic oxidation sites excluding steroid dienone is 2. The summed E-state index contributed by atoms with van der Waals surface area (Å²) in [7, 11) is 1.56. The quantitative estimate of drug-likeness (QED) is 0.637. The fourth-order valence-corrected chi connectivity index (χ4v) is 6.03. The summed E-state index contributed by atoms with van der Waals surface area (Å²) in [5.41, 5.74) is 8.09. The van der Waals surface area contributed by atoms with Crippen molar-refractivity contribution in [1.82, 2.24) is 4.57 Å². The first kappa shape index (κ1) is 20.4. The Balaban J connectivity index is 1.74. The Bertz CT molecular complexity index is 1130. The lowest BCUT2D eigenvalue weighted by atomic mass is 9.89. The van der Waals surface area contributed by atoms with E-state index in [9.17, 15) is 9.59 Å². The highest BCUT2D eigenvalue weighted by Crippen LogP contribution is 2.53. The maximum atomic E-state index is 13.4. The summed E-state index contributed by atoms with van der Waals surface area (Å²) in [4.78, 5) is 25.5. The number of fused-ring (bicyclic) bond motifs is 3. The van der Waals surface area contributed by atoms with E-state index in [4.69, 9.17) is 15.9 Å². The van der Waals surface area contributed by atoms with E-state index >= 15 is 0 Å². The number of carbonyl (C=O) groups is 2. The summed E-state index contributed by atoms with van der Waals surface area (Å²) in [6.45, 7) is 1.89. The van der Waals surface area contributed by atoms with Crippen molar-refractivity contribution < 1.29 is 14.3 Å². The maximum absolute atomic E-state index is 13.4. The van der Waals surface area contributed by atoms with Gasteiger partial charge in [0, 0.05) is 23.0 Å². The van der Waals surface area contributed by atoms with E-state index < -0.39 is 5.91 Å². The molecule has 4 rings (SSSR count). The van der Waals surface area contributed by atoms with Crippen LogP contribution in [0.1, 0.15) is 18.5 Å². The van der Waals surface area contributed by atoms with Crippen LogP contribution in [0.2, 0.25) is 0 Å². The van der Waals surface area contributed by atoms with Crippen LogP contribution in [0.4, 0.5) is 5.69 Å². The summed E-state index contributed by atoms with van der Waals surface area (Å²) in [5.74, 6) is -0.0300. The van der Waals surface area contributed by atoms with E-state index in [2.05, 4.69) is 5.32 Å². The zero-order chi connectivity index (χ0) is 21.4. The average molecular weight is 441 g/mol. The Hall–Kier alpha value is -2.91. The van der Waals surface area contributed by atoms with Gasteiger partial charge >= 0.3 is 0 Å². The highest BCUT2D eigenvalue weighted by molar-refractivity contribution is 8.24. The maximum Gasteiger partial charge on any atom is 0.253 e. The molecular weight excluding hydrogens is 420 g/mol. The van der Waals surface area contributed by atoms with Gasteiger partial charge in [-0.3, -0.25) is 15.0 Å². The fraction of sp³-hybridized carbons (Fsp3) is 0.190. The molecule has 4 N–H and O–H groups in total. The number of hydrogen-bond acceptors (Lipinski definition) is 6. The number of nitrogens with two attached hydrogens (primary N) is 1. The molecule has 2 aliphatic rings. The first-order valence-corrected chi connectivity index (χ1v) is 11.0. The normalized spacial score (nSPS) is 17.7. The predicted octanol–water partition coefficient (Wildman–Crippen LogP) is 3.51. The van der Waals surface area contributed by atoms with Crippen molar-refractivity contribution in [1.29, 1.82) is 5.41 Å². The summed E-state index contributed by atoms with van der Waals surface area (Å²) in [6.07, 6.45) is 1.81. The number of aromatic nitrogens is 1. The number of amides is 2. The van der Waals surface area contributed by atoms with Crippen LogP contribution in [0.15, 0.2) is 62.9 Å². The number of primary amides is 1. The van der Waals surface area contributed by atoms with Crippen LogP contribution in [-0.2, 0) is 9.59 Å². The van der Waals surface area contributed by atoms with Gasteiger partial charge in [0.25, 0.3) is 5.91 Å². The van der Waals surface area contributed by atoms with Crippen LogP contribution in [0.5, 0.6) is 5.75 Å². The van der Waals surface area contributed by atoms with Crippen molar-refractivity contribution in [3.8, 4) is 5.75 Å². The number of methoxy groups -OCH3 is 1. The summed E-state index contributed by atoms with van der Waals surface area (Å²) in [5, 5.41) is 11.6. The predicted molar refractivity (Wildman–Crippen MR) is 121 cm³/mol. The minimum atomic E-state index is -0.421. The van der Waals surface area contributed by atoms with Crippen molar-refractivity contribution in [3.05, 3.63) is 68.6 Å². The molecule has 1 aromatic heterocycles. The second kappa shape index (κ2) is 8.08. The number of ether oxygens (including phenoxy) is 1. The number of nitrogens with one attached hydrogen (secondary N) is 2. The molecule has 0 fully saturated rings. The Morgan fingerprint density at radius 2 is 2.07 bits per heavy atom. The molecule has 0 radical (unpaired) electrons. The molecule has 3 heterocycles. The lowest BCUT2D eigenvalue weighted by Crippen LogP contribution is -2.23. The number of nitrogens with zero attached hydrogens (tertiary/aromatic N) is 1. The largest absolute Gasteiger partial charge is 0.495 e. The minimum Gasteiger partial charge on any atom is -0.495 e. The molecule has 0 spiro atoms. The second-order valence-corrected chi connectivity index (χ2v) is 9.24. The van der Waals surface area contributed by atoms with Crippen molar-refractivity contribution >= 4 is 46.9 Å². The highest BCUT2D eigenvalue weighted by atomic mass is 32.2. The molecule has 0 aliphatic carbocycles. The van der Waals surface area contributed by atoms with Crippen LogP contribution in [-0.4, -0.2) is 35.1 Å². The van der Waals surface area contributed by atoms with Crippen LogP contribution >= 0.6 is 23.5 Å². The third-order valence-electron chi connectivity index (χ3n) is 4.94. The van der Waals surface area contributed by atoms with Crippen molar-refractivity contribution in [2.45, 2.75) is 12.8 Å². The number of anilines is 1. The standard InChI is InChI=1S/C21H20N4O3S2/c1-11-16(20(27)24-12-6-3-4-8-14(12)28-2)17-13-7-5-9-25(13)19(23)18(17)21(30-11)29-10-15(22)26/h3-9,17,23H,10H2,1-2H3,(H2,22,26)(H,24,27). The molecule has 2 amide bonds. The van der Waals surface area contributed by atoms with Gasteiger partial charge in [-0.15, -0.1) is 11.8 Å². The van der Waals surface area contributed by atoms with Gasteiger partial charge in [-0.25, -0.2) is 0 Å². The van der Waals surface area contributed by atoms with Gasteiger partial charge < -0.3 is 20.4 Å². The third kappa shape index (κ3) is 3.44. The van der Waals surface area contributed by atoms with E-state index in [1.54, 1.807) is 23.8 Å². The van der Waals surface area contributed by atoms with Gasteiger partial charge in [0.2, 0.25) is 5.91 Å². The molecule has 9 heteroatoms. The fourth-order valence-electron chi connectivity index (χ4n) is 3.68. The Kier molecular flexibility index (Phi) is 5.48. The smallest absolute Gasteiger partial charge is 0.253 e. The SMILES string of the molecule is COc1ccccc1NC(=O)C1=C(C)SC(SCC(N)=O)=C2C(=N)n3cccc3C12. The number of para-hydroxylation sites is 2. The molecule has 30 heavy (non-hydrogen) atoms. The first-order valence-electron chi connectivity index (χ1n) is 9.17. The zero-order valence-electron chi connectivity index (χ0n) is 16.4. The molecule has 2 aliphatic heterocycles. The number of carbonyl (C=O) groups excluding carboxylic acids is 2. The lowest BCUT2D eigenvalue weighted by molar-refractivity contribution is -0.115. The second-order valence-electron chi connectivity index (χ2n) is 6.77. The van der Waals surface area contributed by atoms with E-state index in [0.29, 0.717) is 22.8 Å². The molecule has 0 bridgehead atoms. The molecule has 0 saturated heterocycles. The van der Waals surface area contributed by atoms with E-state index in [-0.39, 0.29) is 17.6 Å². The minimum absolute atomic E-state index is 0.122. The summed E-state index contributed by atoms with van der Waals surface area (Å²) >= 11 is 2.72. The lowest BCUT2D eigenvalue weighted by Gasteiger charge is -2.26. The molecular formula is C21H20N4O3S2. The highest BCUT2D eigenvalue weighted by Gasteiger charge is 2.43. The molecule has 154 valence electrons. The van der Waals surface area contributed by atoms with Crippen LogP contribution in [0, 0.1) is 5.41 Å². The van der Waals surface area contributed by atoms with Gasteiger partial charge in [-0.2, -0.15) is 0 Å². The molecule has 0 saturated carbocycles. The number of benzene rings is 1. The molecule has 1 aromatic carbocycles. The zero-order valence-corrected chi connectivity index (χ0v) is 18.0. The van der Waals surface area contributed by atoms with E-state index in [0.717, 1.165) is 20.4 Å². The Labute approximate surface area is 182 Å². The molecule has 7 nitrogen and oxygen atoms in total. The molecule has 1 atom stereocenters. The van der Waals surface area contributed by atoms with Crippen molar-refractivity contribution in [2.24, 2.45) is 5.73 Å². The van der Waals surface area contributed by atoms with E-state index in [1.165, 1.54) is 23.5 Å². The summed E-state index contributed by atoms with van der Waals surface area (Å²) < 4.78 is 7.96. The molecule has 2 aromatic rings. The van der Waals surface area contributed by atoms with Crippen molar-refractivity contribution in [2.75, 3.05) is 18.2 Å². The number of hydrogen-bond donors (Lipinski definition) is 3. The van der Waals surface area contributed by atoms with Gasteiger partial charge in [0.15, 0.2) is 0 Å². The average Bonchev–Trinajstić information content (AvgIpc) is 3.30. The van der Waals surface area contributed by atoms with Crippen molar-refractivity contribution in [3.63, 3.8) is 0 Å². The molecule has 1 unspecified atom stereocenters. The van der Waals surface area contributed by atoms with Gasteiger partial charge in [0.05, 0.1) is 28.7 Å². The Morgan fingerprint density at radius 3 is 2.80 bits per heavy atom. The van der Waals surface area contributed by atoms with E-state index in [1.807, 2.05) is 37.4 Å². The Morgan fingerprint density at radius 1 is 1.30 bits per heavy atom. The first-order chi connectivity index (χ1) is 14.4. The summed E-state index contributed by atoms with van der Waals surface area (Å²) in [6, 6.07) is 11.0. The topological polar surface area (TPSA) is 110 Å². The van der Waals surface area contributed by atoms with Gasteiger partial charge in [-0.05, 0) is 36.1 Å². The van der Waals surface area contributed by atoms with Gasteiger partial charge in [0.1, 0.15) is 11.6 Å². The number of thioether (sulfide) groups is 2. The van der Waals surface area contributed by atoms with Gasteiger partial charge in [-0.1, -0.05) is 23.9 Å². The third-order valence-corrected chi connectivity index (χ3v) is 7.39.